The lowest BCUT2D eigenvalue weighted by Crippen LogP contribution is -2.51. The first-order valence-electron chi connectivity index (χ1n) is 14.5. The van der Waals surface area contributed by atoms with E-state index in [0.717, 1.165) is 12.8 Å². The van der Waals surface area contributed by atoms with Gasteiger partial charge in [-0.1, -0.05) is 62.2 Å². The van der Waals surface area contributed by atoms with Crippen LogP contribution in [0.5, 0.6) is 0 Å². The molecule has 2 fully saturated rings. The Hall–Kier alpha value is -3.51. The third-order valence-corrected chi connectivity index (χ3v) is 9.29. The van der Waals surface area contributed by atoms with Crippen LogP contribution in [0.2, 0.25) is 10.0 Å². The van der Waals surface area contributed by atoms with Crippen LogP contribution in [0.15, 0.2) is 60.7 Å². The Morgan fingerprint density at radius 2 is 1.80 bits per heavy atom. The Morgan fingerprint density at radius 3 is 2.36 bits per heavy atom. The normalized spacial score (nSPS) is 24.0. The van der Waals surface area contributed by atoms with Crippen LogP contribution in [0.3, 0.4) is 0 Å². The number of carbonyl (C=O) groups is 2. The fourth-order valence-corrected chi connectivity index (χ4v) is 7.27. The molecular weight excluding hydrogens is 607 g/mol. The van der Waals surface area contributed by atoms with Gasteiger partial charge in [-0.25, -0.2) is 13.6 Å². The second-order valence-electron chi connectivity index (χ2n) is 13.0. The Kier molecular flexibility index (Phi) is 8.78. The molecule has 0 spiro atoms. The molecular formula is C34H33Cl2F2N3O3. The predicted molar refractivity (Wildman–Crippen MR) is 166 cm³/mol. The molecule has 2 aliphatic rings. The molecule has 3 aromatic carbocycles. The number of nitrogens with zero attached hydrogens (tertiary/aromatic N) is 1. The summed E-state index contributed by atoms with van der Waals surface area (Å²) >= 11 is 12.5. The summed E-state index contributed by atoms with van der Waals surface area (Å²) in [4.78, 5) is 25.6. The van der Waals surface area contributed by atoms with Gasteiger partial charge in [0.25, 0.3) is 0 Å². The van der Waals surface area contributed by atoms with E-state index in [4.69, 9.17) is 23.2 Å². The topological polar surface area (TPSA) is 102 Å². The molecule has 0 radical (unpaired) electrons. The number of carboxylic acids is 1. The Morgan fingerprint density at radius 1 is 1.11 bits per heavy atom. The van der Waals surface area contributed by atoms with Gasteiger partial charge in [-0.3, -0.25) is 4.79 Å². The molecule has 10 heteroatoms. The average molecular weight is 641 g/mol. The van der Waals surface area contributed by atoms with Gasteiger partial charge in [-0.15, -0.1) is 0 Å². The van der Waals surface area contributed by atoms with E-state index >= 15 is 8.78 Å². The van der Waals surface area contributed by atoms with Gasteiger partial charge in [0.1, 0.15) is 11.6 Å². The Balaban J connectivity index is 1.77. The van der Waals surface area contributed by atoms with Crippen LogP contribution in [0.4, 0.5) is 14.5 Å². The van der Waals surface area contributed by atoms with Crippen molar-refractivity contribution in [3.63, 3.8) is 0 Å². The van der Waals surface area contributed by atoms with Crippen LogP contribution in [0.25, 0.3) is 0 Å². The highest BCUT2D eigenvalue weighted by Crippen LogP contribution is 2.61. The van der Waals surface area contributed by atoms with Gasteiger partial charge in [0.15, 0.2) is 0 Å². The molecule has 5 rings (SSSR count). The summed E-state index contributed by atoms with van der Waals surface area (Å²) in [6, 6.07) is 15.2. The van der Waals surface area contributed by atoms with Gasteiger partial charge >= 0.3 is 5.97 Å². The second-order valence-corrected chi connectivity index (χ2v) is 13.8. The van der Waals surface area contributed by atoms with E-state index < -0.39 is 52.8 Å². The van der Waals surface area contributed by atoms with Crippen LogP contribution in [0.1, 0.15) is 67.4 Å². The molecule has 230 valence electrons. The van der Waals surface area contributed by atoms with Crippen LogP contribution < -0.4 is 10.6 Å². The van der Waals surface area contributed by atoms with Gasteiger partial charge in [-0.05, 0) is 84.2 Å². The van der Waals surface area contributed by atoms with Crippen molar-refractivity contribution >= 4 is 40.8 Å². The number of aromatic carboxylic acids is 1. The molecule has 1 aliphatic carbocycles. The number of rotatable bonds is 8. The summed E-state index contributed by atoms with van der Waals surface area (Å²) in [6.07, 6.45) is 1.92. The third-order valence-electron chi connectivity index (χ3n) is 8.76. The summed E-state index contributed by atoms with van der Waals surface area (Å²) in [5.74, 6) is -4.97. The molecule has 3 N–H and O–H groups in total. The first kappa shape index (κ1) is 31.9. The van der Waals surface area contributed by atoms with Crippen molar-refractivity contribution < 1.29 is 23.5 Å². The molecule has 1 heterocycles. The predicted octanol–water partition coefficient (Wildman–Crippen LogP) is 7.96. The molecule has 0 aromatic heterocycles. The number of carboxylic acid groups (broad SMARTS) is 1. The number of halogens is 4. The van der Waals surface area contributed by atoms with E-state index in [-0.39, 0.29) is 38.1 Å². The number of hydrogen-bond donors (Lipinski definition) is 3. The van der Waals surface area contributed by atoms with Crippen LogP contribution in [0, 0.1) is 40.2 Å². The number of amides is 1. The fraction of sp³-hybridized carbons (Fsp3) is 0.382. The fourth-order valence-electron chi connectivity index (χ4n) is 6.93. The van der Waals surface area contributed by atoms with Gasteiger partial charge in [0.05, 0.1) is 28.6 Å². The Labute approximate surface area is 265 Å². The van der Waals surface area contributed by atoms with Crippen molar-refractivity contribution in [1.82, 2.24) is 5.32 Å². The van der Waals surface area contributed by atoms with E-state index in [1.807, 2.05) is 20.8 Å². The van der Waals surface area contributed by atoms with E-state index in [1.165, 1.54) is 36.4 Å². The second kappa shape index (κ2) is 12.1. The molecule has 0 bridgehead atoms. The highest BCUT2D eigenvalue weighted by molar-refractivity contribution is 6.31. The van der Waals surface area contributed by atoms with E-state index in [0.29, 0.717) is 12.1 Å². The quantitative estimate of drug-likeness (QED) is 0.232. The molecule has 3 aromatic rings. The van der Waals surface area contributed by atoms with Gasteiger partial charge < -0.3 is 15.7 Å². The maximum absolute atomic E-state index is 16.3. The molecule has 1 saturated carbocycles. The summed E-state index contributed by atoms with van der Waals surface area (Å²) in [7, 11) is 0. The minimum Gasteiger partial charge on any atom is -0.478 e. The highest BCUT2D eigenvalue weighted by atomic mass is 35.5. The lowest BCUT2D eigenvalue weighted by atomic mass is 9.55. The van der Waals surface area contributed by atoms with Crippen LogP contribution in [-0.2, 0) is 10.2 Å². The zero-order valence-electron chi connectivity index (χ0n) is 24.5. The van der Waals surface area contributed by atoms with Crippen molar-refractivity contribution in [3.05, 3.63) is 99.0 Å². The van der Waals surface area contributed by atoms with Crippen molar-refractivity contribution in [2.45, 2.75) is 63.5 Å². The minimum absolute atomic E-state index is 0.0460. The molecule has 5 atom stereocenters. The van der Waals surface area contributed by atoms with Crippen LogP contribution in [-0.4, -0.2) is 29.1 Å². The monoisotopic (exact) mass is 639 g/mol. The summed E-state index contributed by atoms with van der Waals surface area (Å²) in [5, 5.41) is 26.4. The smallest absolute Gasteiger partial charge is 0.335 e. The average Bonchev–Trinajstić information content (AvgIpc) is 3.73. The van der Waals surface area contributed by atoms with E-state index in [2.05, 4.69) is 16.7 Å². The third kappa shape index (κ3) is 5.93. The highest BCUT2D eigenvalue weighted by Gasteiger charge is 2.65. The molecule has 6 nitrogen and oxygen atoms in total. The molecule has 1 amide bonds. The van der Waals surface area contributed by atoms with Crippen molar-refractivity contribution in [2.75, 3.05) is 5.32 Å². The van der Waals surface area contributed by atoms with Crippen molar-refractivity contribution in [1.29, 1.82) is 5.26 Å². The molecule has 1 unspecified atom stereocenters. The SMILES string of the molecule is CC(C)(C)C[C@@H]1N[C@@H](C(=O)Nc2ccc(C(=O)O)cc2)[C@H](c2cccc(Cl)c2F)[C@]1(c1ccc(Cl)cc1F)C(C#N)C1CC1. The number of benzene rings is 3. The maximum atomic E-state index is 16.3. The number of nitrogens with one attached hydrogen (secondary N) is 2. The molecule has 1 aliphatic heterocycles. The standard InChI is InChI=1S/C34H33Cl2F2N3O3/c1-33(2,3)16-27-34(24(17-39)18-7-8-18,23-14-11-20(35)15-26(23)37)28(22-5-4-6-25(36)29(22)38)30(41-27)31(42)40-21-12-9-19(10-13-21)32(43)44/h4-6,9-15,18,24,27-28,30,41H,7-8,16H2,1-3H3,(H,40,42)(H,43,44)/t24?,27-,28-,30+,34+/m0/s1. The minimum atomic E-state index is -1.40. The lowest BCUT2D eigenvalue weighted by Gasteiger charge is -2.46. The number of carbonyl (C=O) groups excluding carboxylic acids is 1. The first-order valence-corrected chi connectivity index (χ1v) is 15.2. The van der Waals surface area contributed by atoms with Crippen molar-refractivity contribution in [2.24, 2.45) is 17.3 Å². The van der Waals surface area contributed by atoms with Crippen LogP contribution >= 0.6 is 23.2 Å². The zero-order valence-corrected chi connectivity index (χ0v) is 26.0. The van der Waals surface area contributed by atoms with Crippen molar-refractivity contribution in [3.8, 4) is 6.07 Å². The lowest BCUT2D eigenvalue weighted by molar-refractivity contribution is -0.118. The summed E-state index contributed by atoms with van der Waals surface area (Å²) in [5.41, 5.74) is -1.09. The zero-order chi connectivity index (χ0) is 32.0. The number of nitriles is 1. The van der Waals surface area contributed by atoms with Gasteiger partial charge in [0.2, 0.25) is 5.91 Å². The van der Waals surface area contributed by atoms with Gasteiger partial charge in [-0.2, -0.15) is 5.26 Å². The van der Waals surface area contributed by atoms with E-state index in [1.54, 1.807) is 24.3 Å². The number of anilines is 1. The summed E-state index contributed by atoms with van der Waals surface area (Å²) in [6.45, 7) is 6.05. The molecule has 44 heavy (non-hydrogen) atoms. The van der Waals surface area contributed by atoms with Gasteiger partial charge in [0, 0.05) is 28.1 Å². The van der Waals surface area contributed by atoms with E-state index in [9.17, 15) is 20.0 Å². The summed E-state index contributed by atoms with van der Waals surface area (Å²) < 4.78 is 32.5. The Bertz CT molecular complexity index is 1630. The largest absolute Gasteiger partial charge is 0.478 e. The maximum Gasteiger partial charge on any atom is 0.335 e. The molecule has 1 saturated heterocycles. The number of hydrogen-bond acceptors (Lipinski definition) is 4. The first-order chi connectivity index (χ1) is 20.8.